The average Bonchev–Trinajstić information content (AvgIpc) is 2.42. The predicted octanol–water partition coefficient (Wildman–Crippen LogP) is 3.88. The van der Waals surface area contributed by atoms with Crippen molar-refractivity contribution in [3.05, 3.63) is 28.2 Å². The molecule has 0 atom stereocenters. The maximum Gasteiger partial charge on any atom is 0.239 e. The van der Waals surface area contributed by atoms with Crippen LogP contribution in [0.3, 0.4) is 0 Å². The van der Waals surface area contributed by atoms with Crippen LogP contribution in [0.1, 0.15) is 39.7 Å². The van der Waals surface area contributed by atoms with Gasteiger partial charge in [-0.15, -0.1) is 0 Å². The Morgan fingerprint density at radius 1 is 1.23 bits per heavy atom. The number of hydrogen-bond donors (Lipinski definition) is 2. The first-order chi connectivity index (χ1) is 10.1. The predicted molar refractivity (Wildman–Crippen MR) is 93.8 cm³/mol. The van der Waals surface area contributed by atoms with E-state index in [1.54, 1.807) is 13.8 Å². The van der Waals surface area contributed by atoms with Gasteiger partial charge in [-0.05, 0) is 50.8 Å². The molecule has 122 valence electrons. The third-order valence-electron chi connectivity index (χ3n) is 3.57. The van der Waals surface area contributed by atoms with E-state index in [0.29, 0.717) is 18.2 Å². The number of rotatable bonds is 6. The first-order valence-electron chi connectivity index (χ1n) is 7.50. The molecule has 0 spiro atoms. The molecule has 0 bridgehead atoms. The monoisotopic (exact) mass is 368 g/mol. The minimum atomic E-state index is -1.12. The number of halogens is 1. The van der Waals surface area contributed by atoms with Crippen LogP contribution in [0.15, 0.2) is 22.7 Å². The van der Waals surface area contributed by atoms with Gasteiger partial charge in [0, 0.05) is 16.7 Å². The van der Waals surface area contributed by atoms with Gasteiger partial charge in [0.2, 0.25) is 11.8 Å². The number of aryl methyl sites for hydroxylation is 1. The van der Waals surface area contributed by atoms with E-state index in [1.165, 1.54) is 0 Å². The lowest BCUT2D eigenvalue weighted by molar-refractivity contribution is -0.138. The summed E-state index contributed by atoms with van der Waals surface area (Å²) in [5.41, 5.74) is 0.642. The fourth-order valence-electron chi connectivity index (χ4n) is 1.76. The second kappa shape index (κ2) is 7.77. The largest absolute Gasteiger partial charge is 0.355 e. The number of amides is 2. The standard InChI is InChI=1S/C17H25BrN2O2/c1-11(2)8-9-19-15(21)17(4,5)16(22)20-13-7-6-12(3)14(18)10-13/h6-7,10-11H,8-9H2,1-5H3,(H,19,21)(H,20,22). The molecular weight excluding hydrogens is 344 g/mol. The summed E-state index contributed by atoms with van der Waals surface area (Å²) in [4.78, 5) is 24.6. The van der Waals surface area contributed by atoms with E-state index in [4.69, 9.17) is 0 Å². The first-order valence-corrected chi connectivity index (χ1v) is 8.29. The lowest BCUT2D eigenvalue weighted by Gasteiger charge is -2.23. The Hall–Kier alpha value is -1.36. The molecule has 0 heterocycles. The summed E-state index contributed by atoms with van der Waals surface area (Å²) in [6, 6.07) is 5.57. The Morgan fingerprint density at radius 2 is 1.86 bits per heavy atom. The fraction of sp³-hybridized carbons (Fsp3) is 0.529. The molecule has 0 radical (unpaired) electrons. The topological polar surface area (TPSA) is 58.2 Å². The molecular formula is C17H25BrN2O2. The molecule has 0 fully saturated rings. The highest BCUT2D eigenvalue weighted by Gasteiger charge is 2.35. The molecule has 0 unspecified atom stereocenters. The molecule has 0 aliphatic rings. The van der Waals surface area contributed by atoms with Crippen molar-refractivity contribution >= 4 is 33.4 Å². The van der Waals surface area contributed by atoms with Gasteiger partial charge in [0.1, 0.15) is 5.41 Å². The number of hydrogen-bond acceptors (Lipinski definition) is 2. The Labute approximate surface area is 141 Å². The van der Waals surface area contributed by atoms with Crippen molar-refractivity contribution in [1.82, 2.24) is 5.32 Å². The van der Waals surface area contributed by atoms with Crippen molar-refractivity contribution < 1.29 is 9.59 Å². The van der Waals surface area contributed by atoms with Crippen LogP contribution < -0.4 is 10.6 Å². The quantitative estimate of drug-likeness (QED) is 0.748. The van der Waals surface area contributed by atoms with Gasteiger partial charge < -0.3 is 10.6 Å². The second-order valence-corrected chi connectivity index (χ2v) is 7.34. The van der Waals surface area contributed by atoms with Crippen molar-refractivity contribution in [2.24, 2.45) is 11.3 Å². The van der Waals surface area contributed by atoms with Crippen LogP contribution in [0.5, 0.6) is 0 Å². The third-order valence-corrected chi connectivity index (χ3v) is 4.43. The summed E-state index contributed by atoms with van der Waals surface area (Å²) in [7, 11) is 0. The fourth-order valence-corrected chi connectivity index (χ4v) is 2.14. The minimum Gasteiger partial charge on any atom is -0.355 e. The lowest BCUT2D eigenvalue weighted by atomic mass is 9.90. The molecule has 0 aromatic heterocycles. The molecule has 5 heteroatoms. The van der Waals surface area contributed by atoms with E-state index in [0.717, 1.165) is 16.5 Å². The van der Waals surface area contributed by atoms with Crippen molar-refractivity contribution in [3.63, 3.8) is 0 Å². The summed E-state index contributed by atoms with van der Waals surface area (Å²) in [6.45, 7) is 10.0. The van der Waals surface area contributed by atoms with Crippen molar-refractivity contribution in [1.29, 1.82) is 0 Å². The highest BCUT2D eigenvalue weighted by atomic mass is 79.9. The summed E-state index contributed by atoms with van der Waals surface area (Å²) < 4.78 is 0.921. The molecule has 0 aliphatic heterocycles. The summed E-state index contributed by atoms with van der Waals surface area (Å²) >= 11 is 3.43. The zero-order chi connectivity index (χ0) is 16.9. The van der Waals surface area contributed by atoms with Crippen LogP contribution >= 0.6 is 15.9 Å². The number of benzene rings is 1. The smallest absolute Gasteiger partial charge is 0.239 e. The van der Waals surface area contributed by atoms with E-state index >= 15 is 0 Å². The van der Waals surface area contributed by atoms with Gasteiger partial charge in [0.25, 0.3) is 0 Å². The second-order valence-electron chi connectivity index (χ2n) is 6.48. The van der Waals surface area contributed by atoms with Crippen molar-refractivity contribution in [2.45, 2.75) is 41.0 Å². The third kappa shape index (κ3) is 5.13. The Morgan fingerprint density at radius 3 is 2.41 bits per heavy atom. The van der Waals surface area contributed by atoms with Gasteiger partial charge in [-0.2, -0.15) is 0 Å². The van der Waals surface area contributed by atoms with E-state index in [2.05, 4.69) is 40.4 Å². The highest BCUT2D eigenvalue weighted by molar-refractivity contribution is 9.10. The summed E-state index contributed by atoms with van der Waals surface area (Å²) in [5, 5.41) is 5.63. The van der Waals surface area contributed by atoms with Crippen LogP contribution in [0, 0.1) is 18.3 Å². The van der Waals surface area contributed by atoms with Gasteiger partial charge in [-0.3, -0.25) is 9.59 Å². The zero-order valence-electron chi connectivity index (χ0n) is 13.9. The molecule has 0 aliphatic carbocycles. The van der Waals surface area contributed by atoms with Gasteiger partial charge in [0.05, 0.1) is 0 Å². The Kier molecular flexibility index (Phi) is 6.60. The first kappa shape index (κ1) is 18.7. The van der Waals surface area contributed by atoms with Crippen LogP contribution in [0.25, 0.3) is 0 Å². The molecule has 0 saturated heterocycles. The molecule has 0 saturated carbocycles. The lowest BCUT2D eigenvalue weighted by Crippen LogP contribution is -2.45. The van der Waals surface area contributed by atoms with Crippen LogP contribution in [-0.4, -0.2) is 18.4 Å². The summed E-state index contributed by atoms with van der Waals surface area (Å²) in [5.74, 6) is -0.0516. The number of anilines is 1. The maximum absolute atomic E-state index is 12.4. The molecule has 22 heavy (non-hydrogen) atoms. The maximum atomic E-state index is 12.4. The van der Waals surface area contributed by atoms with Gasteiger partial charge >= 0.3 is 0 Å². The van der Waals surface area contributed by atoms with Crippen LogP contribution in [-0.2, 0) is 9.59 Å². The Bertz CT molecular complexity index is 554. The number of nitrogens with one attached hydrogen (secondary N) is 2. The van der Waals surface area contributed by atoms with Crippen LogP contribution in [0.2, 0.25) is 0 Å². The van der Waals surface area contributed by atoms with Gasteiger partial charge in [0.15, 0.2) is 0 Å². The van der Waals surface area contributed by atoms with E-state index < -0.39 is 5.41 Å². The number of carbonyl (C=O) groups excluding carboxylic acids is 2. The van der Waals surface area contributed by atoms with E-state index in [9.17, 15) is 9.59 Å². The van der Waals surface area contributed by atoms with E-state index in [-0.39, 0.29) is 11.8 Å². The molecule has 1 aromatic rings. The molecule has 4 nitrogen and oxygen atoms in total. The molecule has 1 aromatic carbocycles. The highest BCUT2D eigenvalue weighted by Crippen LogP contribution is 2.23. The SMILES string of the molecule is Cc1ccc(NC(=O)C(C)(C)C(=O)NCCC(C)C)cc1Br. The minimum absolute atomic E-state index is 0.253. The van der Waals surface area contributed by atoms with Crippen LogP contribution in [0.4, 0.5) is 5.69 Å². The Balaban J connectivity index is 2.68. The van der Waals surface area contributed by atoms with Gasteiger partial charge in [-0.1, -0.05) is 35.8 Å². The van der Waals surface area contributed by atoms with Gasteiger partial charge in [-0.25, -0.2) is 0 Å². The zero-order valence-corrected chi connectivity index (χ0v) is 15.5. The molecule has 1 rings (SSSR count). The molecule has 2 amide bonds. The van der Waals surface area contributed by atoms with Crippen molar-refractivity contribution in [2.75, 3.05) is 11.9 Å². The number of carbonyl (C=O) groups is 2. The summed E-state index contributed by atoms with van der Waals surface area (Å²) in [6.07, 6.45) is 0.897. The van der Waals surface area contributed by atoms with E-state index in [1.807, 2.05) is 25.1 Å². The molecule has 2 N–H and O–H groups in total. The normalized spacial score (nSPS) is 11.4. The average molecular weight is 369 g/mol. The van der Waals surface area contributed by atoms with Crippen molar-refractivity contribution in [3.8, 4) is 0 Å².